The molecule has 6 rings (SSSR count). The van der Waals surface area contributed by atoms with Gasteiger partial charge in [-0.3, -0.25) is 0 Å². The lowest BCUT2D eigenvalue weighted by molar-refractivity contribution is 0.660. The van der Waals surface area contributed by atoms with Crippen LogP contribution in [0.1, 0.15) is 44.2 Å². The summed E-state index contributed by atoms with van der Waals surface area (Å²) in [5, 5.41) is 0. The maximum Gasteiger partial charge on any atom is 0.0464 e. The molecule has 0 aliphatic heterocycles. The summed E-state index contributed by atoms with van der Waals surface area (Å²) in [7, 11) is 0. The Bertz CT molecular complexity index is 1400. The zero-order valence-electron chi connectivity index (χ0n) is 20.3. The van der Waals surface area contributed by atoms with Crippen molar-refractivity contribution in [2.45, 2.75) is 38.5 Å². The molecule has 2 heteroatoms. The minimum atomic E-state index is -0.0189. The Kier molecular flexibility index (Phi) is 5.65. The van der Waals surface area contributed by atoms with Gasteiger partial charge in [-0.1, -0.05) is 90.5 Å². The van der Waals surface area contributed by atoms with E-state index >= 15 is 0 Å². The second-order valence-electron chi connectivity index (χ2n) is 10.2. The highest BCUT2D eigenvalue weighted by atomic mass is 79.9. The van der Waals surface area contributed by atoms with Crippen LogP contribution in [-0.2, 0) is 5.41 Å². The first-order chi connectivity index (χ1) is 17.0. The first-order valence-electron chi connectivity index (χ1n) is 12.6. The quantitative estimate of drug-likeness (QED) is 0.331. The Morgan fingerprint density at radius 3 is 2.31 bits per heavy atom. The molecule has 0 aromatic heterocycles. The van der Waals surface area contributed by atoms with Crippen molar-refractivity contribution in [2.24, 2.45) is 5.92 Å². The Morgan fingerprint density at radius 2 is 1.57 bits per heavy atom. The van der Waals surface area contributed by atoms with Gasteiger partial charge in [-0.2, -0.15) is 0 Å². The van der Waals surface area contributed by atoms with Crippen LogP contribution in [0.5, 0.6) is 0 Å². The molecule has 3 aliphatic carbocycles. The highest BCUT2D eigenvalue weighted by Gasteiger charge is 2.35. The molecule has 3 aromatic rings. The van der Waals surface area contributed by atoms with Gasteiger partial charge in [0.15, 0.2) is 0 Å². The topological polar surface area (TPSA) is 3.24 Å². The maximum absolute atomic E-state index is 3.61. The standard InChI is InChI=1S/C33H30BrN/c1-33(2)31-11-7-6-10-29(31)30-21-20-28(22-32(30)33)35(27-18-14-25(34)15-19-27)26-16-12-24(13-17-26)23-8-4-3-5-9-23/h4,6-12,14-22,24H,3,5,13H2,1-2H3. The number of hydrogen-bond donors (Lipinski definition) is 0. The average molecular weight is 521 g/mol. The van der Waals surface area contributed by atoms with Crippen LogP contribution >= 0.6 is 15.9 Å². The first-order valence-corrected chi connectivity index (χ1v) is 13.4. The number of halogens is 1. The number of anilines is 2. The predicted molar refractivity (Wildman–Crippen MR) is 152 cm³/mol. The van der Waals surface area contributed by atoms with Crippen molar-refractivity contribution in [3.8, 4) is 11.1 Å². The molecule has 0 radical (unpaired) electrons. The molecule has 35 heavy (non-hydrogen) atoms. The number of allylic oxidation sites excluding steroid dienone is 7. The van der Waals surface area contributed by atoms with Gasteiger partial charge in [0.1, 0.15) is 0 Å². The van der Waals surface area contributed by atoms with Crippen molar-refractivity contribution in [3.05, 3.63) is 130 Å². The maximum atomic E-state index is 3.61. The van der Waals surface area contributed by atoms with Gasteiger partial charge in [-0.15, -0.1) is 0 Å². The smallest absolute Gasteiger partial charge is 0.0464 e. The molecule has 0 spiro atoms. The Hall–Kier alpha value is -3.10. The number of nitrogens with zero attached hydrogens (tertiary/aromatic N) is 1. The van der Waals surface area contributed by atoms with E-state index in [0.29, 0.717) is 5.92 Å². The molecule has 0 heterocycles. The molecule has 0 saturated heterocycles. The highest BCUT2D eigenvalue weighted by molar-refractivity contribution is 9.10. The molecule has 1 atom stereocenters. The number of rotatable bonds is 4. The summed E-state index contributed by atoms with van der Waals surface area (Å²) in [6.45, 7) is 4.70. The lowest BCUT2D eigenvalue weighted by Crippen LogP contribution is -2.20. The van der Waals surface area contributed by atoms with E-state index in [0.717, 1.165) is 23.7 Å². The molecule has 0 bridgehead atoms. The third-order valence-electron chi connectivity index (χ3n) is 7.70. The fraction of sp³-hybridized carbons (Fsp3) is 0.212. The van der Waals surface area contributed by atoms with Crippen LogP contribution in [0.2, 0.25) is 0 Å². The minimum Gasteiger partial charge on any atom is -0.311 e. The molecule has 3 aromatic carbocycles. The molecule has 0 fully saturated rings. The van der Waals surface area contributed by atoms with E-state index in [1.807, 2.05) is 0 Å². The zero-order chi connectivity index (χ0) is 24.0. The van der Waals surface area contributed by atoms with Crippen LogP contribution < -0.4 is 4.90 Å². The van der Waals surface area contributed by atoms with E-state index in [4.69, 9.17) is 0 Å². The first kappa shape index (κ1) is 22.4. The Balaban J connectivity index is 1.41. The summed E-state index contributed by atoms with van der Waals surface area (Å²) in [6, 6.07) is 24.5. The molecule has 0 saturated carbocycles. The third kappa shape index (κ3) is 3.94. The van der Waals surface area contributed by atoms with Crippen LogP contribution in [0.4, 0.5) is 11.4 Å². The van der Waals surface area contributed by atoms with Crippen molar-refractivity contribution >= 4 is 27.3 Å². The second kappa shape index (κ2) is 8.84. The van der Waals surface area contributed by atoms with Gasteiger partial charge in [-0.05, 0) is 89.6 Å². The van der Waals surface area contributed by atoms with Crippen LogP contribution in [0.3, 0.4) is 0 Å². The van der Waals surface area contributed by atoms with E-state index in [-0.39, 0.29) is 5.41 Å². The molecule has 1 unspecified atom stereocenters. The minimum absolute atomic E-state index is 0.0189. The molecular weight excluding hydrogens is 490 g/mol. The SMILES string of the molecule is CC1(C)c2ccccc2-c2ccc(N(C3=CCC(C4=CCCC=C4)C=C3)c3ccc(Br)cc3)cc21. The number of fused-ring (bicyclic) bond motifs is 3. The highest BCUT2D eigenvalue weighted by Crippen LogP contribution is 2.50. The van der Waals surface area contributed by atoms with Gasteiger partial charge in [0.2, 0.25) is 0 Å². The summed E-state index contributed by atoms with van der Waals surface area (Å²) in [6.07, 6.45) is 17.5. The van der Waals surface area contributed by atoms with E-state index in [1.165, 1.54) is 44.9 Å². The molecule has 0 N–H and O–H groups in total. The van der Waals surface area contributed by atoms with Gasteiger partial charge in [0.05, 0.1) is 0 Å². The number of hydrogen-bond acceptors (Lipinski definition) is 1. The van der Waals surface area contributed by atoms with Gasteiger partial charge < -0.3 is 4.90 Å². The summed E-state index contributed by atoms with van der Waals surface area (Å²) in [4.78, 5) is 2.41. The lowest BCUT2D eigenvalue weighted by Gasteiger charge is -2.31. The average Bonchev–Trinajstić information content (AvgIpc) is 3.13. The molecule has 174 valence electrons. The summed E-state index contributed by atoms with van der Waals surface area (Å²) >= 11 is 3.61. The number of benzene rings is 3. The van der Waals surface area contributed by atoms with E-state index in [1.54, 1.807) is 0 Å². The summed E-state index contributed by atoms with van der Waals surface area (Å²) < 4.78 is 1.09. The predicted octanol–water partition coefficient (Wildman–Crippen LogP) is 9.63. The second-order valence-corrected chi connectivity index (χ2v) is 11.1. The third-order valence-corrected chi connectivity index (χ3v) is 8.23. The van der Waals surface area contributed by atoms with Crippen LogP contribution in [-0.4, -0.2) is 0 Å². The molecular formula is C33H30BrN. The summed E-state index contributed by atoms with van der Waals surface area (Å²) in [5.74, 6) is 0.468. The van der Waals surface area contributed by atoms with Crippen LogP contribution in [0.15, 0.2) is 119 Å². The van der Waals surface area contributed by atoms with Crippen molar-refractivity contribution in [1.29, 1.82) is 0 Å². The van der Waals surface area contributed by atoms with E-state index in [2.05, 4.69) is 138 Å². The summed E-state index contributed by atoms with van der Waals surface area (Å²) in [5.41, 5.74) is 10.6. The normalized spacial score (nSPS) is 19.6. The lowest BCUT2D eigenvalue weighted by atomic mass is 9.82. The van der Waals surface area contributed by atoms with Crippen molar-refractivity contribution in [2.75, 3.05) is 4.90 Å². The van der Waals surface area contributed by atoms with Gasteiger partial charge in [-0.25, -0.2) is 0 Å². The van der Waals surface area contributed by atoms with Gasteiger partial charge >= 0.3 is 0 Å². The van der Waals surface area contributed by atoms with Crippen molar-refractivity contribution in [1.82, 2.24) is 0 Å². The Labute approximate surface area is 217 Å². The fourth-order valence-corrected chi connectivity index (χ4v) is 6.06. The van der Waals surface area contributed by atoms with Crippen LogP contribution in [0, 0.1) is 5.92 Å². The largest absolute Gasteiger partial charge is 0.311 e. The van der Waals surface area contributed by atoms with Crippen molar-refractivity contribution < 1.29 is 0 Å². The Morgan fingerprint density at radius 1 is 0.800 bits per heavy atom. The van der Waals surface area contributed by atoms with Crippen molar-refractivity contribution in [3.63, 3.8) is 0 Å². The zero-order valence-corrected chi connectivity index (χ0v) is 21.9. The van der Waals surface area contributed by atoms with Crippen LogP contribution in [0.25, 0.3) is 11.1 Å². The monoisotopic (exact) mass is 519 g/mol. The molecule has 3 aliphatic rings. The van der Waals surface area contributed by atoms with Gasteiger partial charge in [0, 0.05) is 32.9 Å². The molecule has 1 nitrogen and oxygen atoms in total. The van der Waals surface area contributed by atoms with E-state index < -0.39 is 0 Å². The van der Waals surface area contributed by atoms with E-state index in [9.17, 15) is 0 Å². The molecule has 0 amide bonds. The van der Waals surface area contributed by atoms with Gasteiger partial charge in [0.25, 0.3) is 0 Å². The fourth-order valence-electron chi connectivity index (χ4n) is 5.80.